The molecule has 0 amide bonds. The van der Waals surface area contributed by atoms with Gasteiger partial charge in [-0.3, -0.25) is 0 Å². The van der Waals surface area contributed by atoms with Gasteiger partial charge in [-0.15, -0.1) is 0 Å². The molecule has 0 nitrogen and oxygen atoms in total. The average Bonchev–Trinajstić information content (AvgIpc) is 1.38. The molecule has 0 aliphatic heterocycles. The first kappa shape index (κ1) is 9.73. The summed E-state index contributed by atoms with van der Waals surface area (Å²) in [6.07, 6.45) is -3.04. The third kappa shape index (κ3) is 8.82. The van der Waals surface area contributed by atoms with Crippen molar-refractivity contribution in [2.24, 2.45) is 0 Å². The van der Waals surface area contributed by atoms with Gasteiger partial charge >= 0.3 is 0 Å². The Morgan fingerprint density at radius 3 is 1.50 bits per heavy atom. The smallest absolute Gasteiger partial charge is 0.210 e. The van der Waals surface area contributed by atoms with Crippen molar-refractivity contribution in [3.05, 3.63) is 12.4 Å². The molecule has 0 aliphatic rings. The fourth-order valence-corrected chi connectivity index (χ4v) is 0. The van der Waals surface area contributed by atoms with Gasteiger partial charge in [0, 0.05) is 29.6 Å². The number of halogens is 3. The third-order valence-corrected chi connectivity index (χ3v) is 0.0825. The molecule has 0 aromatic heterocycles. The largest absolute Gasteiger partial charge is 0.298 e. The molecule has 0 N–H and O–H groups in total. The van der Waals surface area contributed by atoms with Crippen LogP contribution in [0.5, 0.6) is 0 Å². The standard InChI is InChI=1S/C2HF3.Na/c3-1-2(4)5;/h1H;. The van der Waals surface area contributed by atoms with Crippen molar-refractivity contribution in [3.63, 3.8) is 0 Å². The predicted octanol–water partition coefficient (Wildman–Crippen LogP) is 1.31. The van der Waals surface area contributed by atoms with Gasteiger partial charge < -0.3 is 0 Å². The van der Waals surface area contributed by atoms with Crippen molar-refractivity contribution in [3.8, 4) is 0 Å². The van der Waals surface area contributed by atoms with Crippen LogP contribution in [-0.4, -0.2) is 29.6 Å². The minimum Gasteiger partial charge on any atom is -0.210 e. The van der Waals surface area contributed by atoms with Crippen LogP contribution in [0, 0.1) is 0 Å². The first-order valence-electron chi connectivity index (χ1n) is 0.885. The molecule has 0 bridgehead atoms. The van der Waals surface area contributed by atoms with Crippen molar-refractivity contribution in [1.82, 2.24) is 0 Å². The van der Waals surface area contributed by atoms with Crippen LogP contribution in [-0.2, 0) is 0 Å². The summed E-state index contributed by atoms with van der Waals surface area (Å²) in [5, 5.41) is 0. The van der Waals surface area contributed by atoms with Gasteiger partial charge in [-0.25, -0.2) is 4.39 Å². The Bertz CT molecular complexity index is 46.8. The molecule has 0 atom stereocenters. The Morgan fingerprint density at radius 1 is 1.33 bits per heavy atom. The molecule has 0 aliphatic carbocycles. The first-order chi connectivity index (χ1) is 2.27. The second-order valence-corrected chi connectivity index (χ2v) is 0.399. The maximum absolute atomic E-state index is 10.2. The fourth-order valence-electron chi connectivity index (χ4n) is 0. The fraction of sp³-hybridized carbons (Fsp3) is 0. The summed E-state index contributed by atoms with van der Waals surface area (Å²) in [5.41, 5.74) is 0. The SMILES string of the molecule is FC=C(F)F.[Na]. The molecule has 0 aromatic rings. The van der Waals surface area contributed by atoms with Crippen LogP contribution in [0.2, 0.25) is 0 Å². The van der Waals surface area contributed by atoms with E-state index in [2.05, 4.69) is 0 Å². The Kier molecular flexibility index (Phi) is 8.97. The zero-order chi connectivity index (χ0) is 4.28. The summed E-state index contributed by atoms with van der Waals surface area (Å²) in [6.45, 7) is 0. The normalized spacial score (nSPS) is 5.83. The van der Waals surface area contributed by atoms with Gasteiger partial charge in [0.05, 0.1) is 0 Å². The zero-order valence-corrected chi connectivity index (χ0v) is 5.21. The van der Waals surface area contributed by atoms with Gasteiger partial charge in [-0.2, -0.15) is 8.78 Å². The molecule has 4 heteroatoms. The van der Waals surface area contributed by atoms with E-state index in [1.54, 1.807) is 0 Å². The van der Waals surface area contributed by atoms with E-state index < -0.39 is 12.4 Å². The summed E-state index contributed by atoms with van der Waals surface area (Å²) in [7, 11) is 0. The number of hydrogen-bond donors (Lipinski definition) is 0. The Labute approximate surface area is 55.3 Å². The van der Waals surface area contributed by atoms with Gasteiger partial charge in [0.1, 0.15) is 0 Å². The Morgan fingerprint density at radius 2 is 1.50 bits per heavy atom. The molecule has 31 valence electrons. The number of hydrogen-bond acceptors (Lipinski definition) is 0. The third-order valence-electron chi connectivity index (χ3n) is 0.0825. The monoisotopic (exact) mass is 105 g/mol. The van der Waals surface area contributed by atoms with E-state index in [0.29, 0.717) is 0 Å². The molecule has 1 radical (unpaired) electrons. The van der Waals surface area contributed by atoms with Gasteiger partial charge in [0.15, 0.2) is 6.33 Å². The topological polar surface area (TPSA) is 0 Å². The molecule has 0 unspecified atom stereocenters. The summed E-state index contributed by atoms with van der Waals surface area (Å²) in [6, 6.07) is 0. The van der Waals surface area contributed by atoms with E-state index in [9.17, 15) is 13.2 Å². The predicted molar refractivity (Wildman–Crippen MR) is 17.2 cm³/mol. The molecule has 0 spiro atoms. The molecule has 0 fully saturated rings. The molecule has 0 rings (SSSR count). The van der Waals surface area contributed by atoms with E-state index in [-0.39, 0.29) is 29.6 Å². The average molecular weight is 105 g/mol. The second-order valence-electron chi connectivity index (χ2n) is 0.399. The van der Waals surface area contributed by atoms with E-state index in [4.69, 9.17) is 0 Å². The van der Waals surface area contributed by atoms with Crippen LogP contribution in [0.25, 0.3) is 0 Å². The van der Waals surface area contributed by atoms with Gasteiger partial charge in [0.2, 0.25) is 0 Å². The maximum Gasteiger partial charge on any atom is 0.298 e. The maximum atomic E-state index is 10.2. The van der Waals surface area contributed by atoms with Crippen molar-refractivity contribution in [2.45, 2.75) is 0 Å². The molecule has 0 saturated carbocycles. The van der Waals surface area contributed by atoms with Crippen molar-refractivity contribution in [2.75, 3.05) is 0 Å². The van der Waals surface area contributed by atoms with Crippen LogP contribution >= 0.6 is 0 Å². The second kappa shape index (κ2) is 5.53. The summed E-state index contributed by atoms with van der Waals surface area (Å²) < 4.78 is 30.7. The van der Waals surface area contributed by atoms with E-state index >= 15 is 0 Å². The van der Waals surface area contributed by atoms with Crippen molar-refractivity contribution < 1.29 is 13.2 Å². The van der Waals surface area contributed by atoms with E-state index in [0.717, 1.165) is 0 Å². The zero-order valence-electron chi connectivity index (χ0n) is 3.21. The first-order valence-corrected chi connectivity index (χ1v) is 0.885. The molecule has 0 heterocycles. The Hall–Kier alpha value is 0.530. The van der Waals surface area contributed by atoms with Crippen LogP contribution in [0.3, 0.4) is 0 Å². The molecular weight excluding hydrogens is 104 g/mol. The van der Waals surface area contributed by atoms with Crippen LogP contribution in [0.1, 0.15) is 0 Å². The minimum absolute atomic E-state index is 0. The quantitative estimate of drug-likeness (QED) is 0.407. The summed E-state index contributed by atoms with van der Waals surface area (Å²) in [5.74, 6) is 0. The van der Waals surface area contributed by atoms with E-state index in [1.807, 2.05) is 0 Å². The van der Waals surface area contributed by atoms with Crippen molar-refractivity contribution >= 4 is 29.6 Å². The Balaban J connectivity index is 0. The summed E-state index contributed by atoms with van der Waals surface area (Å²) >= 11 is 0. The van der Waals surface area contributed by atoms with Crippen LogP contribution in [0.4, 0.5) is 13.2 Å². The molecule has 6 heavy (non-hydrogen) atoms. The van der Waals surface area contributed by atoms with Crippen molar-refractivity contribution in [1.29, 1.82) is 0 Å². The van der Waals surface area contributed by atoms with Crippen LogP contribution < -0.4 is 0 Å². The van der Waals surface area contributed by atoms with E-state index in [1.165, 1.54) is 0 Å². The molecule has 0 aromatic carbocycles. The van der Waals surface area contributed by atoms with Gasteiger partial charge in [-0.1, -0.05) is 0 Å². The molecule has 0 saturated heterocycles. The molecular formula is C2HF3Na. The van der Waals surface area contributed by atoms with Gasteiger partial charge in [0.25, 0.3) is 6.08 Å². The number of rotatable bonds is 0. The van der Waals surface area contributed by atoms with Gasteiger partial charge in [-0.05, 0) is 0 Å². The minimum atomic E-state index is -2.29. The summed E-state index contributed by atoms with van der Waals surface area (Å²) in [4.78, 5) is 0. The van der Waals surface area contributed by atoms with Crippen LogP contribution in [0.15, 0.2) is 12.4 Å².